The number of hydrogen-bond acceptors (Lipinski definition) is 6. The molecule has 0 aliphatic carbocycles. The zero-order chi connectivity index (χ0) is 29.5. The fourth-order valence-corrected chi connectivity index (χ4v) is 4.93. The summed E-state index contributed by atoms with van der Waals surface area (Å²) in [6, 6.07) is 16.3. The summed E-state index contributed by atoms with van der Waals surface area (Å²) in [6.07, 6.45) is -1.16. The largest absolute Gasteiger partial charge is 0.465 e. The number of alkyl carbamates (subject to hydrolysis) is 1. The number of benzene rings is 2. The Balaban J connectivity index is 1.83. The Kier molecular flexibility index (Phi) is 9.68. The third-order valence-corrected chi connectivity index (χ3v) is 7.36. The number of amides is 4. The minimum absolute atomic E-state index is 0.0699. The topological polar surface area (TPSA) is 142 Å². The Labute approximate surface area is 234 Å². The van der Waals surface area contributed by atoms with E-state index in [4.69, 9.17) is 4.74 Å². The Hall–Kier alpha value is -4.21. The number of carbonyl (C=O) groups is 5. The smallest absolute Gasteiger partial charge is 0.414 e. The lowest BCUT2D eigenvalue weighted by Gasteiger charge is -2.37. The average Bonchev–Trinajstić information content (AvgIpc) is 3.12. The molecule has 1 fully saturated rings. The fourth-order valence-electron chi connectivity index (χ4n) is 4.93. The molecule has 10 heteroatoms. The van der Waals surface area contributed by atoms with Crippen LogP contribution in [0.3, 0.4) is 0 Å². The number of carbonyl (C=O) groups excluding carboxylic acids is 4. The normalized spacial score (nSPS) is 19.4. The summed E-state index contributed by atoms with van der Waals surface area (Å²) in [4.78, 5) is 65.3. The lowest BCUT2D eigenvalue weighted by Crippen LogP contribution is -2.56. The van der Waals surface area contributed by atoms with Gasteiger partial charge in [-0.3, -0.25) is 14.4 Å². The van der Waals surface area contributed by atoms with Crippen molar-refractivity contribution in [2.45, 2.75) is 71.1 Å². The molecular formula is C30H37N3O7. The van der Waals surface area contributed by atoms with Crippen molar-refractivity contribution in [1.29, 1.82) is 0 Å². The van der Waals surface area contributed by atoms with Gasteiger partial charge in [0.15, 0.2) is 0 Å². The molecule has 1 heterocycles. The second-order valence-electron chi connectivity index (χ2n) is 10.7. The van der Waals surface area contributed by atoms with E-state index < -0.39 is 52.9 Å². The van der Waals surface area contributed by atoms with Crippen LogP contribution in [-0.2, 0) is 25.5 Å². The van der Waals surface area contributed by atoms with Crippen molar-refractivity contribution < 1.29 is 33.8 Å². The Morgan fingerprint density at radius 3 is 2.15 bits per heavy atom. The van der Waals surface area contributed by atoms with Crippen LogP contribution < -0.4 is 10.6 Å². The number of likely N-dealkylation sites (tertiary alicyclic amines) is 1. The highest BCUT2D eigenvalue weighted by Gasteiger charge is 2.63. The van der Waals surface area contributed by atoms with Crippen LogP contribution in [0.2, 0.25) is 0 Å². The number of rotatable bonds is 11. The predicted molar refractivity (Wildman–Crippen MR) is 147 cm³/mol. The first-order chi connectivity index (χ1) is 18.9. The monoisotopic (exact) mass is 551 g/mol. The van der Waals surface area contributed by atoms with Crippen LogP contribution >= 0.6 is 0 Å². The number of carboxylic acid groups (broad SMARTS) is 1. The van der Waals surface area contributed by atoms with Crippen molar-refractivity contribution in [1.82, 2.24) is 15.5 Å². The molecule has 0 bridgehead atoms. The molecule has 10 nitrogen and oxygen atoms in total. The van der Waals surface area contributed by atoms with E-state index in [-0.39, 0.29) is 19.4 Å². The van der Waals surface area contributed by atoms with Gasteiger partial charge >= 0.3 is 12.2 Å². The maximum absolute atomic E-state index is 13.5. The molecule has 0 saturated carbocycles. The van der Waals surface area contributed by atoms with Crippen LogP contribution in [0, 0.1) is 5.41 Å². The van der Waals surface area contributed by atoms with Gasteiger partial charge in [0, 0.05) is 18.4 Å². The van der Waals surface area contributed by atoms with Gasteiger partial charge < -0.3 is 20.5 Å². The molecule has 214 valence electrons. The molecule has 0 spiro atoms. The number of nitrogens with one attached hydrogen (secondary N) is 2. The van der Waals surface area contributed by atoms with Crippen LogP contribution in [0.5, 0.6) is 0 Å². The van der Waals surface area contributed by atoms with E-state index in [0.717, 1.165) is 5.56 Å². The summed E-state index contributed by atoms with van der Waals surface area (Å²) >= 11 is 0. The second-order valence-corrected chi connectivity index (χ2v) is 10.7. The SMILES string of the molecule is CCCC[C@H](NC(=O)OC1(Cc2ccccc2)C(=O)N(C(=O)O)CC1(C)C)C(=O)C(=O)N[C@H](C)c1ccccc1. The summed E-state index contributed by atoms with van der Waals surface area (Å²) in [6.45, 7) is 6.79. The standard InChI is InChI=1S/C30H37N3O7/c1-5-6-17-23(24(34)25(35)31-20(2)22-15-11-8-12-16-22)32-27(37)40-30(18-21-13-9-7-10-14-21)26(36)33(28(38)39)19-29(30,3)4/h7-16,20,23H,5-6,17-19H2,1-4H3,(H,31,35)(H,32,37)(H,38,39)/t20-,23+,30?/m1/s1. The van der Waals surface area contributed by atoms with Gasteiger partial charge in [0.2, 0.25) is 11.4 Å². The molecule has 3 N–H and O–H groups in total. The Bertz CT molecular complexity index is 1230. The zero-order valence-electron chi connectivity index (χ0n) is 23.3. The van der Waals surface area contributed by atoms with Crippen molar-refractivity contribution in [3.05, 3.63) is 71.8 Å². The highest BCUT2D eigenvalue weighted by molar-refractivity contribution is 6.38. The summed E-state index contributed by atoms with van der Waals surface area (Å²) in [5.74, 6) is -2.56. The third kappa shape index (κ3) is 6.67. The van der Waals surface area contributed by atoms with Crippen molar-refractivity contribution in [2.24, 2.45) is 5.41 Å². The van der Waals surface area contributed by atoms with Crippen molar-refractivity contribution in [3.63, 3.8) is 0 Å². The highest BCUT2D eigenvalue weighted by atomic mass is 16.6. The first-order valence-corrected chi connectivity index (χ1v) is 13.4. The minimum atomic E-state index is -1.86. The summed E-state index contributed by atoms with van der Waals surface area (Å²) in [7, 11) is 0. The molecule has 40 heavy (non-hydrogen) atoms. The quantitative estimate of drug-likeness (QED) is 0.355. The molecule has 1 aliphatic heterocycles. The molecule has 0 aromatic heterocycles. The lowest BCUT2D eigenvalue weighted by atomic mass is 9.73. The number of ketones is 1. The fraction of sp³-hybridized carbons (Fsp3) is 0.433. The van der Waals surface area contributed by atoms with Gasteiger partial charge in [0.1, 0.15) is 6.04 Å². The van der Waals surface area contributed by atoms with Crippen LogP contribution in [0.25, 0.3) is 0 Å². The van der Waals surface area contributed by atoms with Gasteiger partial charge in [-0.2, -0.15) is 0 Å². The first-order valence-electron chi connectivity index (χ1n) is 13.4. The number of nitrogens with zero attached hydrogens (tertiary/aromatic N) is 1. The maximum atomic E-state index is 13.5. The molecule has 2 aromatic carbocycles. The molecule has 3 rings (SSSR count). The van der Waals surface area contributed by atoms with Crippen LogP contribution in [0.4, 0.5) is 9.59 Å². The average molecular weight is 552 g/mol. The number of hydrogen-bond donors (Lipinski definition) is 3. The molecule has 1 saturated heterocycles. The van der Waals surface area contributed by atoms with E-state index in [1.165, 1.54) is 0 Å². The molecule has 2 aromatic rings. The molecule has 4 amide bonds. The molecule has 1 unspecified atom stereocenters. The second kappa shape index (κ2) is 12.8. The minimum Gasteiger partial charge on any atom is -0.465 e. The lowest BCUT2D eigenvalue weighted by molar-refractivity contribution is -0.147. The van der Waals surface area contributed by atoms with Gasteiger partial charge in [-0.05, 0) is 24.5 Å². The van der Waals surface area contributed by atoms with E-state index in [9.17, 15) is 29.1 Å². The van der Waals surface area contributed by atoms with E-state index >= 15 is 0 Å². The van der Waals surface area contributed by atoms with Gasteiger partial charge in [-0.25, -0.2) is 14.5 Å². The summed E-state index contributed by atoms with van der Waals surface area (Å²) in [5, 5.41) is 14.8. The number of unbranched alkanes of at least 4 members (excludes halogenated alkanes) is 1. The zero-order valence-corrected chi connectivity index (χ0v) is 23.3. The van der Waals surface area contributed by atoms with E-state index in [0.29, 0.717) is 23.3 Å². The molecular weight excluding hydrogens is 514 g/mol. The first kappa shape index (κ1) is 30.3. The van der Waals surface area contributed by atoms with Crippen molar-refractivity contribution in [3.8, 4) is 0 Å². The number of ether oxygens (including phenoxy) is 1. The Morgan fingerprint density at radius 2 is 1.60 bits per heavy atom. The van der Waals surface area contributed by atoms with Crippen LogP contribution in [0.1, 0.15) is 64.1 Å². The van der Waals surface area contributed by atoms with E-state index in [2.05, 4.69) is 10.6 Å². The van der Waals surface area contributed by atoms with Crippen molar-refractivity contribution >= 4 is 29.8 Å². The Morgan fingerprint density at radius 1 is 1.00 bits per heavy atom. The third-order valence-electron chi connectivity index (χ3n) is 7.36. The van der Waals surface area contributed by atoms with Gasteiger partial charge in [-0.1, -0.05) is 94.3 Å². The van der Waals surface area contributed by atoms with Gasteiger partial charge in [0.05, 0.1) is 6.04 Å². The van der Waals surface area contributed by atoms with Gasteiger partial charge in [0.25, 0.3) is 11.8 Å². The molecule has 1 aliphatic rings. The van der Waals surface area contributed by atoms with Crippen molar-refractivity contribution in [2.75, 3.05) is 6.54 Å². The van der Waals surface area contributed by atoms with Gasteiger partial charge in [-0.15, -0.1) is 0 Å². The van der Waals surface area contributed by atoms with Crippen LogP contribution in [-0.4, -0.2) is 58.0 Å². The highest BCUT2D eigenvalue weighted by Crippen LogP contribution is 2.45. The molecule has 0 radical (unpaired) electrons. The van der Waals surface area contributed by atoms with Crippen LogP contribution in [0.15, 0.2) is 60.7 Å². The predicted octanol–water partition coefficient (Wildman–Crippen LogP) is 4.25. The van der Waals surface area contributed by atoms with E-state index in [1.807, 2.05) is 37.3 Å². The summed E-state index contributed by atoms with van der Waals surface area (Å²) in [5.41, 5.74) is -1.48. The summed E-state index contributed by atoms with van der Waals surface area (Å²) < 4.78 is 5.81. The number of imide groups is 1. The molecule has 3 atom stereocenters. The maximum Gasteiger partial charge on any atom is 0.414 e. The number of Topliss-reactive ketones (excluding diaryl/α,β-unsaturated/α-hetero) is 1. The van der Waals surface area contributed by atoms with E-state index in [1.54, 1.807) is 51.1 Å².